The van der Waals surface area contributed by atoms with E-state index in [2.05, 4.69) is 33.9 Å². The molecule has 0 aromatic rings. The van der Waals surface area contributed by atoms with Gasteiger partial charge in [-0.2, -0.15) is 0 Å². The quantitative estimate of drug-likeness (QED) is 0.420. The van der Waals surface area contributed by atoms with E-state index < -0.39 is 0 Å². The smallest absolute Gasteiger partial charge is 0.333 e. The zero-order valence-electron chi connectivity index (χ0n) is 15.3. The summed E-state index contributed by atoms with van der Waals surface area (Å²) in [5.41, 5.74) is 0.823. The summed E-state index contributed by atoms with van der Waals surface area (Å²) in [6, 6.07) is 0. The minimum absolute atomic E-state index is 0.235. The van der Waals surface area contributed by atoms with Gasteiger partial charge < -0.3 is 9.47 Å². The molecule has 0 bridgehead atoms. The van der Waals surface area contributed by atoms with Gasteiger partial charge in [-0.1, -0.05) is 40.3 Å². The summed E-state index contributed by atoms with van der Waals surface area (Å²) in [4.78, 5) is 23.1. The highest BCUT2D eigenvalue weighted by Crippen LogP contribution is 2.25. The van der Waals surface area contributed by atoms with Gasteiger partial charge >= 0.3 is 11.9 Å². The van der Waals surface area contributed by atoms with Crippen molar-refractivity contribution in [1.29, 1.82) is 0 Å². The lowest BCUT2D eigenvalue weighted by atomic mass is 9.85. The maximum Gasteiger partial charge on any atom is 0.333 e. The molecule has 0 fully saturated rings. The van der Waals surface area contributed by atoms with Crippen LogP contribution in [0.3, 0.4) is 0 Å². The molecule has 2 atom stereocenters. The van der Waals surface area contributed by atoms with E-state index in [9.17, 15) is 9.59 Å². The maximum atomic E-state index is 11.6. The fourth-order valence-corrected chi connectivity index (χ4v) is 2.26. The molecule has 4 nitrogen and oxygen atoms in total. The summed E-state index contributed by atoms with van der Waals surface area (Å²) < 4.78 is 10.6. The van der Waals surface area contributed by atoms with Gasteiger partial charge in [0.05, 0.1) is 13.2 Å². The van der Waals surface area contributed by atoms with Crippen molar-refractivity contribution in [2.45, 2.75) is 53.9 Å². The van der Waals surface area contributed by atoms with Crippen molar-refractivity contribution in [3.63, 3.8) is 0 Å². The Morgan fingerprint density at radius 2 is 1.43 bits per heavy atom. The lowest BCUT2D eigenvalue weighted by Gasteiger charge is -2.26. The van der Waals surface area contributed by atoms with Crippen LogP contribution in [0.2, 0.25) is 0 Å². The third-order valence-corrected chi connectivity index (χ3v) is 3.85. The van der Waals surface area contributed by atoms with Gasteiger partial charge in [-0.25, -0.2) is 9.59 Å². The predicted octanol–water partition coefficient (Wildman–Crippen LogP) is 4.30. The largest absolute Gasteiger partial charge is 0.462 e. The van der Waals surface area contributed by atoms with Crippen LogP contribution in [0.4, 0.5) is 0 Å². The highest BCUT2D eigenvalue weighted by molar-refractivity contribution is 5.87. The number of esters is 2. The van der Waals surface area contributed by atoms with Gasteiger partial charge in [-0.3, -0.25) is 0 Å². The Kier molecular flexibility index (Phi) is 10.3. The Hall–Kier alpha value is -1.58. The van der Waals surface area contributed by atoms with E-state index in [1.54, 1.807) is 13.8 Å². The molecule has 0 spiro atoms. The van der Waals surface area contributed by atoms with Crippen LogP contribution in [0.5, 0.6) is 0 Å². The standard InChI is InChI=1S/C19H32O4/c1-8-9-16(11-22-18(20)14(4)5)10-17(13(2)3)12-23-19(21)15(6)7/h13,16-17H,4,6,8-12H2,1-3,5,7H3. The summed E-state index contributed by atoms with van der Waals surface area (Å²) >= 11 is 0. The van der Waals surface area contributed by atoms with Crippen LogP contribution in [0.25, 0.3) is 0 Å². The summed E-state index contributed by atoms with van der Waals surface area (Å²) in [6.45, 7) is 17.6. The van der Waals surface area contributed by atoms with Crippen LogP contribution < -0.4 is 0 Å². The second kappa shape index (κ2) is 11.0. The molecular weight excluding hydrogens is 292 g/mol. The van der Waals surface area contributed by atoms with E-state index in [0.29, 0.717) is 30.3 Å². The minimum Gasteiger partial charge on any atom is -0.462 e. The number of hydrogen-bond acceptors (Lipinski definition) is 4. The zero-order valence-corrected chi connectivity index (χ0v) is 15.3. The van der Waals surface area contributed by atoms with Crippen molar-refractivity contribution < 1.29 is 19.1 Å². The number of ether oxygens (including phenoxy) is 2. The number of carbonyl (C=O) groups excluding carboxylic acids is 2. The third kappa shape index (κ3) is 9.22. The Labute approximate surface area is 140 Å². The molecule has 2 unspecified atom stereocenters. The summed E-state index contributed by atoms with van der Waals surface area (Å²) in [7, 11) is 0. The van der Waals surface area contributed by atoms with E-state index >= 15 is 0 Å². The Bertz CT molecular complexity index is 423. The topological polar surface area (TPSA) is 52.6 Å². The van der Waals surface area contributed by atoms with Gasteiger partial charge in [0.15, 0.2) is 0 Å². The van der Waals surface area contributed by atoms with Gasteiger partial charge in [0.2, 0.25) is 0 Å². The lowest BCUT2D eigenvalue weighted by Crippen LogP contribution is -2.24. The molecule has 0 aliphatic heterocycles. The van der Waals surface area contributed by atoms with Crippen LogP contribution >= 0.6 is 0 Å². The Morgan fingerprint density at radius 1 is 0.957 bits per heavy atom. The highest BCUT2D eigenvalue weighted by atomic mass is 16.5. The summed E-state index contributed by atoms with van der Waals surface area (Å²) in [5.74, 6) is 0.180. The van der Waals surface area contributed by atoms with Gasteiger partial charge in [-0.05, 0) is 44.4 Å². The van der Waals surface area contributed by atoms with Crippen LogP contribution in [-0.4, -0.2) is 25.2 Å². The van der Waals surface area contributed by atoms with Gasteiger partial charge in [0.25, 0.3) is 0 Å². The fourth-order valence-electron chi connectivity index (χ4n) is 2.26. The van der Waals surface area contributed by atoms with Crippen molar-refractivity contribution in [1.82, 2.24) is 0 Å². The van der Waals surface area contributed by atoms with Crippen molar-refractivity contribution in [2.24, 2.45) is 17.8 Å². The Morgan fingerprint density at radius 3 is 1.83 bits per heavy atom. The van der Waals surface area contributed by atoms with E-state index in [0.717, 1.165) is 19.3 Å². The van der Waals surface area contributed by atoms with E-state index in [4.69, 9.17) is 9.47 Å². The zero-order chi connectivity index (χ0) is 18.0. The predicted molar refractivity (Wildman–Crippen MR) is 92.9 cm³/mol. The van der Waals surface area contributed by atoms with Crippen molar-refractivity contribution in [3.05, 3.63) is 24.3 Å². The molecule has 0 radical (unpaired) electrons. The molecular formula is C19H32O4. The summed E-state index contributed by atoms with van der Waals surface area (Å²) in [6.07, 6.45) is 2.85. The molecule has 0 aromatic carbocycles. The van der Waals surface area contributed by atoms with Gasteiger partial charge in [0.1, 0.15) is 0 Å². The average molecular weight is 324 g/mol. The van der Waals surface area contributed by atoms with E-state index in [-0.39, 0.29) is 23.8 Å². The molecule has 4 heteroatoms. The van der Waals surface area contributed by atoms with Crippen LogP contribution in [0.1, 0.15) is 53.9 Å². The molecule has 0 N–H and O–H groups in total. The molecule has 0 amide bonds. The van der Waals surface area contributed by atoms with E-state index in [1.165, 1.54) is 0 Å². The van der Waals surface area contributed by atoms with Crippen molar-refractivity contribution in [2.75, 3.05) is 13.2 Å². The lowest BCUT2D eigenvalue weighted by molar-refractivity contribution is -0.141. The molecule has 0 heterocycles. The first-order valence-corrected chi connectivity index (χ1v) is 8.34. The molecule has 0 aliphatic carbocycles. The molecule has 0 aliphatic rings. The molecule has 0 saturated heterocycles. The molecule has 23 heavy (non-hydrogen) atoms. The molecule has 132 valence electrons. The SMILES string of the molecule is C=C(C)C(=O)OCC(CCC)CC(COC(=O)C(=C)C)C(C)C. The van der Waals surface area contributed by atoms with Crippen molar-refractivity contribution in [3.8, 4) is 0 Å². The minimum atomic E-state index is -0.351. The monoisotopic (exact) mass is 324 g/mol. The molecule has 0 rings (SSSR count). The number of hydrogen-bond donors (Lipinski definition) is 0. The van der Waals surface area contributed by atoms with Gasteiger partial charge in [0, 0.05) is 11.1 Å². The number of carbonyl (C=O) groups is 2. The number of rotatable bonds is 11. The summed E-state index contributed by atoms with van der Waals surface area (Å²) in [5, 5.41) is 0. The first-order valence-electron chi connectivity index (χ1n) is 8.34. The first kappa shape index (κ1) is 21.4. The van der Waals surface area contributed by atoms with Crippen LogP contribution in [-0.2, 0) is 19.1 Å². The molecule has 0 saturated carbocycles. The molecule has 0 aromatic heterocycles. The third-order valence-electron chi connectivity index (χ3n) is 3.85. The average Bonchev–Trinajstić information content (AvgIpc) is 2.47. The van der Waals surface area contributed by atoms with Crippen LogP contribution in [0, 0.1) is 17.8 Å². The fraction of sp³-hybridized carbons (Fsp3) is 0.684. The van der Waals surface area contributed by atoms with Gasteiger partial charge in [-0.15, -0.1) is 0 Å². The second-order valence-electron chi connectivity index (χ2n) is 6.65. The highest BCUT2D eigenvalue weighted by Gasteiger charge is 2.22. The first-order chi connectivity index (χ1) is 10.7. The Balaban J connectivity index is 4.62. The van der Waals surface area contributed by atoms with Crippen LogP contribution in [0.15, 0.2) is 24.3 Å². The maximum absolute atomic E-state index is 11.6. The van der Waals surface area contributed by atoms with Crippen molar-refractivity contribution >= 4 is 11.9 Å². The normalized spacial score (nSPS) is 13.3. The second-order valence-corrected chi connectivity index (χ2v) is 6.65. The van der Waals surface area contributed by atoms with E-state index in [1.807, 2.05) is 0 Å².